The summed E-state index contributed by atoms with van der Waals surface area (Å²) in [6.45, 7) is 0.721. The van der Waals surface area contributed by atoms with Gasteiger partial charge >= 0.3 is 0 Å². The quantitative estimate of drug-likeness (QED) is 0.767. The molecule has 0 aromatic heterocycles. The first-order valence-corrected chi connectivity index (χ1v) is 6.78. The van der Waals surface area contributed by atoms with Crippen molar-refractivity contribution in [3.05, 3.63) is 29.8 Å². The van der Waals surface area contributed by atoms with E-state index in [0.29, 0.717) is 17.0 Å². The number of ether oxygens (including phenoxy) is 1. The summed E-state index contributed by atoms with van der Waals surface area (Å²) in [4.78, 5) is 11.6. The number of carbonyl (C=O) groups excluding carboxylic acids is 1. The van der Waals surface area contributed by atoms with Gasteiger partial charge in [0.25, 0.3) is 0 Å². The second-order valence-corrected chi connectivity index (χ2v) is 4.74. The van der Waals surface area contributed by atoms with Gasteiger partial charge in [-0.2, -0.15) is 17.0 Å². The molecular weight excluding hydrogens is 248 g/mol. The van der Waals surface area contributed by atoms with Crippen LogP contribution in [0.25, 0.3) is 0 Å². The fourth-order valence-electron chi connectivity index (χ4n) is 1.33. The zero-order chi connectivity index (χ0) is 13.2. The van der Waals surface area contributed by atoms with Crippen molar-refractivity contribution in [2.24, 2.45) is 0 Å². The summed E-state index contributed by atoms with van der Waals surface area (Å²) in [5.41, 5.74) is 1.21. The van der Waals surface area contributed by atoms with Crippen LogP contribution in [0.5, 0.6) is 0 Å². The molecule has 1 aromatic rings. The first-order chi connectivity index (χ1) is 8.76. The number of methoxy groups -OCH3 is 1. The number of nitrogens with zero attached hydrogens (tertiary/aromatic N) is 1. The highest BCUT2D eigenvalue weighted by molar-refractivity contribution is 7.99. The second kappa shape index (κ2) is 8.56. The number of thioether (sulfide) groups is 1. The van der Waals surface area contributed by atoms with E-state index in [1.807, 2.05) is 6.07 Å². The SMILES string of the molecule is COCCCSCC(=O)Nc1cccc(C#N)c1. The third kappa shape index (κ3) is 5.71. The molecule has 0 radical (unpaired) electrons. The number of amides is 1. The van der Waals surface area contributed by atoms with Gasteiger partial charge in [0.05, 0.1) is 17.4 Å². The lowest BCUT2D eigenvalue weighted by molar-refractivity contribution is -0.113. The molecule has 0 aliphatic carbocycles. The highest BCUT2D eigenvalue weighted by Gasteiger charge is 2.03. The van der Waals surface area contributed by atoms with Gasteiger partial charge in [0, 0.05) is 19.4 Å². The molecule has 0 heterocycles. The minimum absolute atomic E-state index is 0.0486. The average molecular weight is 264 g/mol. The van der Waals surface area contributed by atoms with Crippen LogP contribution in [0.4, 0.5) is 5.69 Å². The number of nitrogens with one attached hydrogen (secondary N) is 1. The van der Waals surface area contributed by atoms with E-state index in [9.17, 15) is 4.79 Å². The third-order valence-corrected chi connectivity index (χ3v) is 3.19. The molecule has 0 unspecified atom stereocenters. The molecule has 0 saturated heterocycles. The molecule has 0 fully saturated rings. The fourth-order valence-corrected chi connectivity index (χ4v) is 2.06. The normalized spacial score (nSPS) is 9.78. The van der Waals surface area contributed by atoms with Gasteiger partial charge in [-0.05, 0) is 30.4 Å². The highest BCUT2D eigenvalue weighted by Crippen LogP contribution is 2.11. The number of nitriles is 1. The molecule has 0 saturated carbocycles. The second-order valence-electron chi connectivity index (χ2n) is 3.64. The van der Waals surface area contributed by atoms with Crippen molar-refractivity contribution >= 4 is 23.4 Å². The number of rotatable bonds is 7. The summed E-state index contributed by atoms with van der Waals surface area (Å²) < 4.78 is 4.93. The lowest BCUT2D eigenvalue weighted by atomic mass is 10.2. The van der Waals surface area contributed by atoms with Crippen LogP contribution in [-0.4, -0.2) is 31.1 Å². The number of benzene rings is 1. The number of carbonyl (C=O) groups is 1. The van der Waals surface area contributed by atoms with Crippen molar-refractivity contribution in [1.29, 1.82) is 5.26 Å². The topological polar surface area (TPSA) is 62.1 Å². The van der Waals surface area contributed by atoms with Gasteiger partial charge in [-0.15, -0.1) is 0 Å². The Morgan fingerprint density at radius 1 is 1.56 bits per heavy atom. The molecule has 0 aliphatic heterocycles. The molecule has 0 aliphatic rings. The van der Waals surface area contributed by atoms with Gasteiger partial charge in [-0.1, -0.05) is 6.07 Å². The van der Waals surface area contributed by atoms with Crippen LogP contribution in [0.1, 0.15) is 12.0 Å². The van der Waals surface area contributed by atoms with Crippen molar-refractivity contribution < 1.29 is 9.53 Å². The van der Waals surface area contributed by atoms with Crippen molar-refractivity contribution in [1.82, 2.24) is 0 Å². The van der Waals surface area contributed by atoms with E-state index in [-0.39, 0.29) is 5.91 Å². The lowest BCUT2D eigenvalue weighted by Crippen LogP contribution is -2.14. The van der Waals surface area contributed by atoms with E-state index >= 15 is 0 Å². The van der Waals surface area contributed by atoms with Gasteiger partial charge in [0.15, 0.2) is 0 Å². The van der Waals surface area contributed by atoms with Gasteiger partial charge in [0.2, 0.25) is 5.91 Å². The molecule has 1 rings (SSSR count). The molecule has 0 bridgehead atoms. The maximum Gasteiger partial charge on any atom is 0.234 e. The predicted molar refractivity (Wildman–Crippen MR) is 73.6 cm³/mol. The van der Waals surface area contributed by atoms with Crippen LogP contribution in [0.15, 0.2) is 24.3 Å². The predicted octanol–water partition coefficient (Wildman–Crippen LogP) is 2.27. The summed E-state index contributed by atoms with van der Waals surface area (Å²) in [5.74, 6) is 1.27. The zero-order valence-corrected chi connectivity index (χ0v) is 11.1. The average Bonchev–Trinajstić information content (AvgIpc) is 2.38. The van der Waals surface area contributed by atoms with Crippen LogP contribution in [0, 0.1) is 11.3 Å². The molecule has 1 amide bonds. The number of hydrogen-bond donors (Lipinski definition) is 1. The van der Waals surface area contributed by atoms with Gasteiger partial charge in [0.1, 0.15) is 0 Å². The van der Waals surface area contributed by atoms with Crippen molar-refractivity contribution in [2.45, 2.75) is 6.42 Å². The maximum atomic E-state index is 11.6. The van der Waals surface area contributed by atoms with Crippen LogP contribution in [-0.2, 0) is 9.53 Å². The van der Waals surface area contributed by atoms with E-state index in [4.69, 9.17) is 10.00 Å². The Labute approximate surface area is 111 Å². The third-order valence-electron chi connectivity index (χ3n) is 2.15. The Hall–Kier alpha value is -1.51. The Bertz CT molecular complexity index is 429. The molecule has 0 spiro atoms. The monoisotopic (exact) mass is 264 g/mol. The lowest BCUT2D eigenvalue weighted by Gasteiger charge is -2.05. The number of hydrogen-bond acceptors (Lipinski definition) is 4. The van der Waals surface area contributed by atoms with E-state index in [0.717, 1.165) is 18.8 Å². The Balaban J connectivity index is 2.29. The van der Waals surface area contributed by atoms with E-state index < -0.39 is 0 Å². The Kier molecular flexibility index (Phi) is 6.92. The van der Waals surface area contributed by atoms with Crippen LogP contribution >= 0.6 is 11.8 Å². The summed E-state index contributed by atoms with van der Waals surface area (Å²) in [6, 6.07) is 8.92. The largest absolute Gasteiger partial charge is 0.385 e. The molecule has 18 heavy (non-hydrogen) atoms. The summed E-state index contributed by atoms with van der Waals surface area (Å²) >= 11 is 1.57. The molecule has 0 atom stereocenters. The Morgan fingerprint density at radius 2 is 2.39 bits per heavy atom. The minimum atomic E-state index is -0.0486. The van der Waals surface area contributed by atoms with Crippen LogP contribution < -0.4 is 5.32 Å². The fraction of sp³-hybridized carbons (Fsp3) is 0.385. The highest BCUT2D eigenvalue weighted by atomic mass is 32.2. The summed E-state index contributed by atoms with van der Waals surface area (Å²) in [6.07, 6.45) is 0.943. The molecule has 5 heteroatoms. The van der Waals surface area contributed by atoms with Crippen molar-refractivity contribution in [3.63, 3.8) is 0 Å². The van der Waals surface area contributed by atoms with Gasteiger partial charge in [-0.3, -0.25) is 4.79 Å². The van der Waals surface area contributed by atoms with E-state index in [1.165, 1.54) is 0 Å². The molecule has 4 nitrogen and oxygen atoms in total. The van der Waals surface area contributed by atoms with Crippen LogP contribution in [0.3, 0.4) is 0 Å². The molecule has 1 aromatic carbocycles. The van der Waals surface area contributed by atoms with Crippen molar-refractivity contribution in [2.75, 3.05) is 30.5 Å². The summed E-state index contributed by atoms with van der Waals surface area (Å²) in [7, 11) is 1.67. The molecule has 96 valence electrons. The van der Waals surface area contributed by atoms with Gasteiger partial charge in [-0.25, -0.2) is 0 Å². The first kappa shape index (κ1) is 14.6. The summed E-state index contributed by atoms with van der Waals surface area (Å²) in [5, 5.41) is 11.5. The van der Waals surface area contributed by atoms with Crippen molar-refractivity contribution in [3.8, 4) is 6.07 Å². The van der Waals surface area contributed by atoms with Crippen LogP contribution in [0.2, 0.25) is 0 Å². The molecule has 1 N–H and O–H groups in total. The first-order valence-electron chi connectivity index (χ1n) is 5.63. The number of anilines is 1. The zero-order valence-electron chi connectivity index (χ0n) is 10.3. The van der Waals surface area contributed by atoms with E-state index in [1.54, 1.807) is 43.1 Å². The molecular formula is C13H16N2O2S. The van der Waals surface area contributed by atoms with Gasteiger partial charge < -0.3 is 10.1 Å². The smallest absolute Gasteiger partial charge is 0.234 e. The van der Waals surface area contributed by atoms with E-state index in [2.05, 4.69) is 5.32 Å². The maximum absolute atomic E-state index is 11.6. The standard InChI is InChI=1S/C13H16N2O2S/c1-17-6-3-7-18-10-13(16)15-12-5-2-4-11(8-12)9-14/h2,4-5,8H,3,6-7,10H2,1H3,(H,15,16). The minimum Gasteiger partial charge on any atom is -0.385 e. The Morgan fingerprint density at radius 3 is 3.11 bits per heavy atom.